The first-order valence-electron chi connectivity index (χ1n) is 10.6. The number of carbonyl (C=O) groups excluding carboxylic acids is 1. The monoisotopic (exact) mass is 427 g/mol. The summed E-state index contributed by atoms with van der Waals surface area (Å²) in [4.78, 5) is 17.2. The minimum absolute atomic E-state index is 0.139. The lowest BCUT2D eigenvalue weighted by molar-refractivity contribution is 0.0785. The molecule has 6 nitrogen and oxygen atoms in total. The van der Waals surface area contributed by atoms with Gasteiger partial charge in [0.1, 0.15) is 0 Å². The van der Waals surface area contributed by atoms with Crippen molar-refractivity contribution in [2.75, 3.05) is 31.6 Å². The highest BCUT2D eigenvalue weighted by Crippen LogP contribution is 2.28. The number of para-hydroxylation sites is 1. The molecule has 2 fully saturated rings. The van der Waals surface area contributed by atoms with Crippen LogP contribution < -0.4 is 9.62 Å². The second-order valence-corrected chi connectivity index (χ2v) is 10.1. The molecule has 1 aliphatic heterocycles. The van der Waals surface area contributed by atoms with Gasteiger partial charge in [0.25, 0.3) is 5.91 Å². The van der Waals surface area contributed by atoms with Crippen molar-refractivity contribution in [3.63, 3.8) is 0 Å². The van der Waals surface area contributed by atoms with E-state index < -0.39 is 10.0 Å². The molecule has 1 aliphatic carbocycles. The van der Waals surface area contributed by atoms with E-state index >= 15 is 0 Å². The van der Waals surface area contributed by atoms with Crippen LogP contribution in [0.1, 0.15) is 41.6 Å². The van der Waals surface area contributed by atoms with Crippen molar-refractivity contribution in [3.05, 3.63) is 59.7 Å². The maximum absolute atomic E-state index is 13.0. The Morgan fingerprint density at radius 2 is 1.83 bits per heavy atom. The van der Waals surface area contributed by atoms with Gasteiger partial charge in [0.05, 0.1) is 4.90 Å². The highest BCUT2D eigenvalue weighted by Gasteiger charge is 2.25. The average Bonchev–Trinajstić information content (AvgIpc) is 3.44. The van der Waals surface area contributed by atoms with Gasteiger partial charge < -0.3 is 9.80 Å². The molecule has 2 aromatic rings. The molecule has 160 valence electrons. The van der Waals surface area contributed by atoms with E-state index in [0.29, 0.717) is 24.6 Å². The van der Waals surface area contributed by atoms with Gasteiger partial charge in [-0.1, -0.05) is 24.3 Å². The third-order valence-corrected chi connectivity index (χ3v) is 7.26. The minimum Gasteiger partial charge on any atom is -0.371 e. The number of nitrogens with zero attached hydrogens (tertiary/aromatic N) is 2. The van der Waals surface area contributed by atoms with Crippen LogP contribution in [0.4, 0.5) is 5.69 Å². The summed E-state index contributed by atoms with van der Waals surface area (Å²) in [5.74, 6) is 0.261. The molecule has 4 rings (SSSR count). The maximum atomic E-state index is 13.0. The van der Waals surface area contributed by atoms with Gasteiger partial charge >= 0.3 is 0 Å². The Kier molecular flexibility index (Phi) is 6.11. The van der Waals surface area contributed by atoms with Crippen LogP contribution in [-0.2, 0) is 16.6 Å². The summed E-state index contributed by atoms with van der Waals surface area (Å²) in [6.45, 7) is 3.03. The van der Waals surface area contributed by atoms with Crippen LogP contribution in [0.15, 0.2) is 53.4 Å². The normalized spacial score (nSPS) is 16.6. The summed E-state index contributed by atoms with van der Waals surface area (Å²) in [6, 6.07) is 14.5. The smallest absolute Gasteiger partial charge is 0.253 e. The van der Waals surface area contributed by atoms with Crippen LogP contribution in [0.3, 0.4) is 0 Å². The van der Waals surface area contributed by atoms with Crippen molar-refractivity contribution < 1.29 is 13.2 Å². The van der Waals surface area contributed by atoms with Crippen LogP contribution in [0.2, 0.25) is 0 Å². The number of anilines is 1. The van der Waals surface area contributed by atoms with Gasteiger partial charge in [-0.15, -0.1) is 0 Å². The summed E-state index contributed by atoms with van der Waals surface area (Å²) < 4.78 is 27.8. The number of hydrogen-bond acceptors (Lipinski definition) is 4. The van der Waals surface area contributed by atoms with E-state index in [9.17, 15) is 13.2 Å². The second-order valence-electron chi connectivity index (χ2n) is 8.31. The van der Waals surface area contributed by atoms with Crippen molar-refractivity contribution in [2.45, 2.75) is 37.1 Å². The topological polar surface area (TPSA) is 69.7 Å². The second kappa shape index (κ2) is 8.78. The van der Waals surface area contributed by atoms with Gasteiger partial charge in [-0.2, -0.15) is 0 Å². The molecular weight excluding hydrogens is 398 g/mol. The van der Waals surface area contributed by atoms with Gasteiger partial charge in [-0.05, 0) is 61.4 Å². The van der Waals surface area contributed by atoms with Crippen molar-refractivity contribution >= 4 is 21.6 Å². The fourth-order valence-electron chi connectivity index (χ4n) is 3.89. The number of nitrogens with one attached hydrogen (secondary N) is 1. The van der Waals surface area contributed by atoms with Crippen LogP contribution in [-0.4, -0.2) is 45.9 Å². The molecule has 0 atom stereocenters. The summed E-state index contributed by atoms with van der Waals surface area (Å²) in [5.41, 5.74) is 2.66. The summed E-state index contributed by atoms with van der Waals surface area (Å²) >= 11 is 0. The molecule has 1 saturated carbocycles. The Bertz CT molecular complexity index is 1010. The summed E-state index contributed by atoms with van der Waals surface area (Å²) in [7, 11) is -1.84. The number of carbonyl (C=O) groups is 1. The lowest BCUT2D eigenvalue weighted by atomic mass is 10.1. The van der Waals surface area contributed by atoms with Crippen LogP contribution in [0.25, 0.3) is 0 Å². The fraction of sp³-hybridized carbons (Fsp3) is 0.435. The van der Waals surface area contributed by atoms with Gasteiger partial charge in [0.15, 0.2) is 0 Å². The predicted molar refractivity (Wildman–Crippen MR) is 118 cm³/mol. The molecule has 1 amide bonds. The Morgan fingerprint density at radius 1 is 1.10 bits per heavy atom. The van der Waals surface area contributed by atoms with Crippen LogP contribution in [0, 0.1) is 5.92 Å². The standard InChI is InChI=1S/C23H29N3O3S/c1-25(17-20-7-2-3-10-22(20)26-13-4-5-14-26)23(27)19-8-6-9-21(15-19)30(28,29)24-16-18-11-12-18/h2-3,6-10,15,18,24H,4-5,11-14,16-17H2,1H3. The lowest BCUT2D eigenvalue weighted by Crippen LogP contribution is -2.29. The molecule has 0 spiro atoms. The fourth-order valence-corrected chi connectivity index (χ4v) is 5.05. The van der Waals surface area contributed by atoms with E-state index in [-0.39, 0.29) is 10.8 Å². The minimum atomic E-state index is -3.60. The van der Waals surface area contributed by atoms with Crippen LogP contribution >= 0.6 is 0 Å². The average molecular weight is 428 g/mol. The first kappa shape index (κ1) is 20.9. The molecule has 30 heavy (non-hydrogen) atoms. The number of rotatable bonds is 8. The van der Waals surface area contributed by atoms with E-state index in [1.165, 1.54) is 30.7 Å². The highest BCUT2D eigenvalue weighted by molar-refractivity contribution is 7.89. The third-order valence-electron chi connectivity index (χ3n) is 5.84. The highest BCUT2D eigenvalue weighted by atomic mass is 32.2. The van der Waals surface area contributed by atoms with E-state index in [0.717, 1.165) is 31.5 Å². The number of hydrogen-bond donors (Lipinski definition) is 1. The lowest BCUT2D eigenvalue weighted by Gasteiger charge is -2.24. The zero-order valence-corrected chi connectivity index (χ0v) is 18.2. The molecule has 0 radical (unpaired) electrons. The predicted octanol–water partition coefficient (Wildman–Crippen LogP) is 3.25. The van der Waals surface area contributed by atoms with Crippen LogP contribution in [0.5, 0.6) is 0 Å². The zero-order chi connectivity index (χ0) is 21.1. The molecule has 0 unspecified atom stereocenters. The van der Waals surface area contributed by atoms with E-state index in [4.69, 9.17) is 0 Å². The largest absolute Gasteiger partial charge is 0.371 e. The molecule has 2 aromatic carbocycles. The summed E-state index contributed by atoms with van der Waals surface area (Å²) in [6.07, 6.45) is 4.54. The molecule has 0 bridgehead atoms. The van der Waals surface area contributed by atoms with E-state index in [1.54, 1.807) is 24.1 Å². The summed E-state index contributed by atoms with van der Waals surface area (Å²) in [5, 5.41) is 0. The first-order chi connectivity index (χ1) is 14.4. The van der Waals surface area contributed by atoms with Gasteiger partial charge in [-0.3, -0.25) is 4.79 Å². The molecular formula is C23H29N3O3S. The number of benzene rings is 2. The molecule has 0 aromatic heterocycles. The molecule has 1 heterocycles. The molecule has 1 saturated heterocycles. The SMILES string of the molecule is CN(Cc1ccccc1N1CCCC1)C(=O)c1cccc(S(=O)(=O)NCC2CC2)c1. The van der Waals surface area contributed by atoms with Gasteiger partial charge in [-0.25, -0.2) is 13.1 Å². The molecule has 7 heteroatoms. The quantitative estimate of drug-likeness (QED) is 0.702. The number of amides is 1. The molecule has 1 N–H and O–H groups in total. The third kappa shape index (κ3) is 4.84. The van der Waals surface area contributed by atoms with Gasteiger partial charge in [0.2, 0.25) is 10.0 Å². The van der Waals surface area contributed by atoms with Crippen molar-refractivity contribution in [1.82, 2.24) is 9.62 Å². The Hall–Kier alpha value is -2.38. The Morgan fingerprint density at radius 3 is 2.57 bits per heavy atom. The molecule has 2 aliphatic rings. The van der Waals surface area contributed by atoms with E-state index in [1.807, 2.05) is 12.1 Å². The Labute approximate surface area is 178 Å². The maximum Gasteiger partial charge on any atom is 0.253 e. The van der Waals surface area contributed by atoms with Crippen molar-refractivity contribution in [1.29, 1.82) is 0 Å². The first-order valence-corrected chi connectivity index (χ1v) is 12.1. The zero-order valence-electron chi connectivity index (χ0n) is 17.4. The van der Waals surface area contributed by atoms with Crippen molar-refractivity contribution in [3.8, 4) is 0 Å². The number of sulfonamides is 1. The van der Waals surface area contributed by atoms with Gasteiger partial charge in [0, 0.05) is 44.5 Å². The van der Waals surface area contributed by atoms with E-state index in [2.05, 4.69) is 21.8 Å². The van der Waals surface area contributed by atoms with Crippen molar-refractivity contribution in [2.24, 2.45) is 5.92 Å². The Balaban J connectivity index is 1.48.